The molecule has 0 radical (unpaired) electrons. The lowest BCUT2D eigenvalue weighted by Gasteiger charge is -2.13. The predicted octanol–water partition coefficient (Wildman–Crippen LogP) is 6.39. The lowest BCUT2D eigenvalue weighted by molar-refractivity contribution is 0.0601. The number of anilines is 2. The Kier molecular flexibility index (Phi) is 7.28. The molecule has 0 bridgehead atoms. The number of rotatable bonds is 5. The van der Waals surface area contributed by atoms with Crippen LogP contribution in [0.4, 0.5) is 10.7 Å². The summed E-state index contributed by atoms with van der Waals surface area (Å²) in [7, 11) is 1.41. The number of thiophene rings is 1. The third-order valence-corrected chi connectivity index (χ3v) is 7.74. The van der Waals surface area contributed by atoms with E-state index in [2.05, 4.69) is 15.7 Å². The highest BCUT2D eigenvalue weighted by molar-refractivity contribution is 7.80. The van der Waals surface area contributed by atoms with Crippen molar-refractivity contribution in [3.8, 4) is 0 Å². The molecule has 1 aliphatic rings. The first kappa shape index (κ1) is 24.0. The van der Waals surface area contributed by atoms with Crippen molar-refractivity contribution in [3.05, 3.63) is 61.2 Å². The van der Waals surface area contributed by atoms with Crippen molar-refractivity contribution in [2.75, 3.05) is 17.7 Å². The summed E-state index contributed by atoms with van der Waals surface area (Å²) in [5.74, 6) is -0.334. The Morgan fingerprint density at radius 2 is 2.00 bits per heavy atom. The van der Waals surface area contributed by atoms with Crippen molar-refractivity contribution in [1.82, 2.24) is 9.78 Å². The van der Waals surface area contributed by atoms with Crippen molar-refractivity contribution < 1.29 is 9.53 Å². The number of fused-ring (bicyclic) bond motifs is 1. The van der Waals surface area contributed by atoms with E-state index in [9.17, 15) is 4.79 Å². The van der Waals surface area contributed by atoms with Crippen molar-refractivity contribution in [1.29, 1.82) is 0 Å². The fourth-order valence-electron chi connectivity index (χ4n) is 4.06. The van der Waals surface area contributed by atoms with Crippen LogP contribution >= 0.6 is 46.8 Å². The number of halogens is 2. The van der Waals surface area contributed by atoms with E-state index in [1.165, 1.54) is 12.0 Å². The SMILES string of the molecule is COC(=O)c1c(NC(=S)Nc2c(C)nn(Cc3ccc(Cl)cc3Cl)c2C)sc2c1CCCC2. The molecule has 0 amide bonds. The first-order chi connectivity index (χ1) is 15.8. The Labute approximate surface area is 212 Å². The number of nitrogens with one attached hydrogen (secondary N) is 2. The van der Waals surface area contributed by atoms with Crippen LogP contribution in [0.15, 0.2) is 18.2 Å². The molecule has 0 unspecified atom stereocenters. The maximum Gasteiger partial charge on any atom is 0.341 e. The Balaban J connectivity index is 1.54. The third kappa shape index (κ3) is 5.04. The van der Waals surface area contributed by atoms with Gasteiger partial charge in [-0.05, 0) is 75.0 Å². The summed E-state index contributed by atoms with van der Waals surface area (Å²) in [6, 6.07) is 5.43. The molecule has 0 spiro atoms. The van der Waals surface area contributed by atoms with E-state index in [1.807, 2.05) is 30.7 Å². The van der Waals surface area contributed by atoms with E-state index >= 15 is 0 Å². The Bertz CT molecular complexity index is 1240. The molecule has 0 saturated carbocycles. The molecule has 0 aliphatic heterocycles. The maximum absolute atomic E-state index is 12.5. The normalized spacial score (nSPS) is 12.9. The zero-order chi connectivity index (χ0) is 23.7. The lowest BCUT2D eigenvalue weighted by atomic mass is 9.95. The molecular weight excluding hydrogens is 499 g/mol. The van der Waals surface area contributed by atoms with Gasteiger partial charge in [-0.2, -0.15) is 5.10 Å². The van der Waals surface area contributed by atoms with Crippen molar-refractivity contribution in [2.45, 2.75) is 46.1 Å². The van der Waals surface area contributed by atoms with Crippen LogP contribution in [0.3, 0.4) is 0 Å². The predicted molar refractivity (Wildman–Crippen MR) is 139 cm³/mol. The van der Waals surface area contributed by atoms with E-state index < -0.39 is 0 Å². The van der Waals surface area contributed by atoms with Gasteiger partial charge in [0.25, 0.3) is 0 Å². The summed E-state index contributed by atoms with van der Waals surface area (Å²) in [5, 5.41) is 13.4. The second-order valence-electron chi connectivity index (χ2n) is 7.92. The highest BCUT2D eigenvalue weighted by Crippen LogP contribution is 2.38. The molecule has 10 heteroatoms. The summed E-state index contributed by atoms with van der Waals surface area (Å²) in [6.45, 7) is 4.40. The molecule has 3 aromatic rings. The molecule has 33 heavy (non-hydrogen) atoms. The second kappa shape index (κ2) is 10.0. The van der Waals surface area contributed by atoms with Gasteiger partial charge in [0, 0.05) is 14.9 Å². The monoisotopic (exact) mass is 522 g/mol. The molecule has 2 heterocycles. The van der Waals surface area contributed by atoms with Crippen LogP contribution in [-0.2, 0) is 24.1 Å². The van der Waals surface area contributed by atoms with Gasteiger partial charge < -0.3 is 15.4 Å². The van der Waals surface area contributed by atoms with Gasteiger partial charge in [-0.1, -0.05) is 29.3 Å². The van der Waals surface area contributed by atoms with Gasteiger partial charge in [0.2, 0.25) is 0 Å². The zero-order valence-electron chi connectivity index (χ0n) is 18.6. The highest BCUT2D eigenvalue weighted by Gasteiger charge is 2.26. The van der Waals surface area contributed by atoms with E-state index in [1.54, 1.807) is 17.4 Å². The quantitative estimate of drug-likeness (QED) is 0.298. The van der Waals surface area contributed by atoms with E-state index in [0.717, 1.165) is 58.9 Å². The fraction of sp³-hybridized carbons (Fsp3) is 0.348. The van der Waals surface area contributed by atoms with E-state index in [0.29, 0.717) is 27.3 Å². The van der Waals surface area contributed by atoms with Gasteiger partial charge in [0.1, 0.15) is 5.00 Å². The number of thiocarbonyl (C=S) groups is 1. The average Bonchev–Trinajstić information content (AvgIpc) is 3.27. The minimum atomic E-state index is -0.334. The lowest BCUT2D eigenvalue weighted by Crippen LogP contribution is -2.21. The molecule has 0 fully saturated rings. The Morgan fingerprint density at radius 3 is 2.73 bits per heavy atom. The van der Waals surface area contributed by atoms with Crippen molar-refractivity contribution in [2.24, 2.45) is 0 Å². The molecule has 2 N–H and O–H groups in total. The molecule has 1 aromatic carbocycles. The van der Waals surface area contributed by atoms with Gasteiger partial charge in [0.15, 0.2) is 5.11 Å². The highest BCUT2D eigenvalue weighted by atomic mass is 35.5. The van der Waals surface area contributed by atoms with Crippen LogP contribution < -0.4 is 10.6 Å². The molecule has 6 nitrogen and oxygen atoms in total. The van der Waals surface area contributed by atoms with E-state index in [-0.39, 0.29) is 5.97 Å². The summed E-state index contributed by atoms with van der Waals surface area (Å²) in [4.78, 5) is 13.7. The van der Waals surface area contributed by atoms with Crippen LogP contribution in [0, 0.1) is 13.8 Å². The first-order valence-corrected chi connectivity index (χ1v) is 12.5. The van der Waals surface area contributed by atoms with Crippen LogP contribution in [-0.4, -0.2) is 28.0 Å². The first-order valence-electron chi connectivity index (χ1n) is 10.6. The van der Waals surface area contributed by atoms with Crippen LogP contribution in [0.1, 0.15) is 50.6 Å². The maximum atomic E-state index is 12.5. The zero-order valence-corrected chi connectivity index (χ0v) is 21.7. The Morgan fingerprint density at radius 1 is 1.24 bits per heavy atom. The minimum absolute atomic E-state index is 0.334. The molecule has 2 aromatic heterocycles. The van der Waals surface area contributed by atoms with Gasteiger partial charge in [0.05, 0.1) is 36.3 Å². The number of hydrogen-bond acceptors (Lipinski definition) is 5. The number of aryl methyl sites for hydroxylation is 2. The van der Waals surface area contributed by atoms with Gasteiger partial charge in [-0.3, -0.25) is 4.68 Å². The van der Waals surface area contributed by atoms with Gasteiger partial charge >= 0.3 is 5.97 Å². The molecule has 0 saturated heterocycles. The average molecular weight is 524 g/mol. The number of methoxy groups -OCH3 is 1. The topological polar surface area (TPSA) is 68.2 Å². The molecule has 174 valence electrons. The Hall–Kier alpha value is -2.13. The number of hydrogen-bond donors (Lipinski definition) is 2. The molecular formula is C23H24Cl2N4O2S2. The van der Waals surface area contributed by atoms with Crippen LogP contribution in [0.5, 0.6) is 0 Å². The molecule has 0 atom stereocenters. The van der Waals surface area contributed by atoms with Gasteiger partial charge in [-0.25, -0.2) is 4.79 Å². The number of aromatic nitrogens is 2. The number of nitrogens with zero attached hydrogens (tertiary/aromatic N) is 2. The smallest absolute Gasteiger partial charge is 0.341 e. The second-order valence-corrected chi connectivity index (χ2v) is 10.3. The van der Waals surface area contributed by atoms with Crippen molar-refractivity contribution in [3.63, 3.8) is 0 Å². The summed E-state index contributed by atoms with van der Waals surface area (Å²) in [6.07, 6.45) is 4.07. The summed E-state index contributed by atoms with van der Waals surface area (Å²) < 4.78 is 6.92. The third-order valence-electron chi connectivity index (χ3n) is 5.74. The number of esters is 1. The van der Waals surface area contributed by atoms with Crippen LogP contribution in [0.2, 0.25) is 10.0 Å². The van der Waals surface area contributed by atoms with Crippen molar-refractivity contribution >= 4 is 68.5 Å². The standard InChI is InChI=1S/C23H24Cl2N4O2S2/c1-12-20(13(2)29(28-12)11-14-8-9-15(24)10-17(14)25)26-23(32)27-21-19(22(30)31-3)16-6-4-5-7-18(16)33-21/h8-10H,4-7,11H2,1-3H3,(H2,26,27,32). The molecule has 4 rings (SSSR count). The van der Waals surface area contributed by atoms with Crippen LogP contribution in [0.25, 0.3) is 0 Å². The minimum Gasteiger partial charge on any atom is -0.465 e. The number of ether oxygens (including phenoxy) is 1. The summed E-state index contributed by atoms with van der Waals surface area (Å²) in [5.41, 5.74) is 5.15. The summed E-state index contributed by atoms with van der Waals surface area (Å²) >= 11 is 19.5. The number of benzene rings is 1. The fourth-order valence-corrected chi connectivity index (χ4v) is 6.08. The number of carbonyl (C=O) groups excluding carboxylic acids is 1. The largest absolute Gasteiger partial charge is 0.465 e. The van der Waals surface area contributed by atoms with E-state index in [4.69, 9.17) is 40.2 Å². The number of carbonyl (C=O) groups is 1. The van der Waals surface area contributed by atoms with Gasteiger partial charge in [-0.15, -0.1) is 11.3 Å². The molecule has 1 aliphatic carbocycles.